The van der Waals surface area contributed by atoms with E-state index in [-0.39, 0.29) is 36.4 Å². The number of carbonyl (C=O) groups excluding carboxylic acids is 1. The summed E-state index contributed by atoms with van der Waals surface area (Å²) in [5, 5.41) is 12.2. The first-order valence-electron chi connectivity index (χ1n) is 7.70. The van der Waals surface area contributed by atoms with E-state index in [9.17, 15) is 4.79 Å². The molecule has 1 saturated carbocycles. The van der Waals surface area contributed by atoms with Gasteiger partial charge in [0.25, 0.3) is 0 Å². The molecule has 5 heteroatoms. The zero-order valence-electron chi connectivity index (χ0n) is 12.9. The van der Waals surface area contributed by atoms with Gasteiger partial charge in [-0.15, -0.1) is 12.4 Å². The van der Waals surface area contributed by atoms with Gasteiger partial charge in [-0.25, -0.2) is 0 Å². The van der Waals surface area contributed by atoms with Crippen molar-refractivity contribution in [2.24, 2.45) is 17.1 Å². The van der Waals surface area contributed by atoms with Crippen LogP contribution in [-0.4, -0.2) is 30.2 Å². The molecule has 0 heterocycles. The predicted molar refractivity (Wildman–Crippen MR) is 84.9 cm³/mol. The fraction of sp³-hybridized carbons (Fsp3) is 0.933. The molecule has 0 spiro atoms. The zero-order chi connectivity index (χ0) is 14.3. The molecule has 0 aliphatic heterocycles. The Morgan fingerprint density at radius 2 is 2.00 bits per heavy atom. The Balaban J connectivity index is 0.00000361. The number of carbonyl (C=O) groups is 1. The summed E-state index contributed by atoms with van der Waals surface area (Å²) in [5.74, 6) is 0.474. The van der Waals surface area contributed by atoms with Crippen LogP contribution < -0.4 is 11.1 Å². The van der Waals surface area contributed by atoms with Crippen LogP contribution in [0.1, 0.15) is 58.8 Å². The quantitative estimate of drug-likeness (QED) is 0.643. The topological polar surface area (TPSA) is 75.3 Å². The minimum absolute atomic E-state index is 0. The summed E-state index contributed by atoms with van der Waals surface area (Å²) in [6, 6.07) is 0.199. The molecule has 0 saturated heterocycles. The largest absolute Gasteiger partial charge is 0.396 e. The van der Waals surface area contributed by atoms with Crippen molar-refractivity contribution in [1.29, 1.82) is 0 Å². The fourth-order valence-electron chi connectivity index (χ4n) is 3.09. The smallest absolute Gasteiger partial charge is 0.220 e. The van der Waals surface area contributed by atoms with E-state index in [0.717, 1.165) is 38.5 Å². The highest BCUT2D eigenvalue weighted by Gasteiger charge is 2.29. The lowest BCUT2D eigenvalue weighted by Gasteiger charge is -2.31. The molecule has 0 aromatic carbocycles. The minimum atomic E-state index is 0. The summed E-state index contributed by atoms with van der Waals surface area (Å²) in [6.07, 6.45) is 6.55. The molecule has 0 aromatic heterocycles. The Morgan fingerprint density at radius 3 is 2.45 bits per heavy atom. The SMILES string of the molecule is CCC(CC)(CCO)CNC(=O)C[C@@H]1CCC[C@H]1N.Cl. The van der Waals surface area contributed by atoms with Crippen LogP contribution in [0.2, 0.25) is 0 Å². The Hall–Kier alpha value is -0.320. The minimum Gasteiger partial charge on any atom is -0.396 e. The Kier molecular flexibility index (Phi) is 9.43. The molecule has 0 aromatic rings. The van der Waals surface area contributed by atoms with Crippen LogP contribution >= 0.6 is 12.4 Å². The molecule has 0 bridgehead atoms. The van der Waals surface area contributed by atoms with E-state index in [1.54, 1.807) is 0 Å². The lowest BCUT2D eigenvalue weighted by Crippen LogP contribution is -2.39. The molecule has 0 radical (unpaired) electrons. The first-order chi connectivity index (χ1) is 9.06. The van der Waals surface area contributed by atoms with E-state index in [1.807, 2.05) is 0 Å². The van der Waals surface area contributed by atoms with Crippen molar-refractivity contribution in [1.82, 2.24) is 5.32 Å². The van der Waals surface area contributed by atoms with Crippen molar-refractivity contribution in [3.63, 3.8) is 0 Å². The molecule has 1 rings (SSSR count). The van der Waals surface area contributed by atoms with Gasteiger partial charge in [0, 0.05) is 25.6 Å². The van der Waals surface area contributed by atoms with Crippen molar-refractivity contribution in [2.75, 3.05) is 13.2 Å². The molecule has 1 aliphatic carbocycles. The summed E-state index contributed by atoms with van der Waals surface area (Å²) in [4.78, 5) is 12.0. The van der Waals surface area contributed by atoms with Crippen LogP contribution in [0.5, 0.6) is 0 Å². The molecule has 4 nitrogen and oxygen atoms in total. The third-order valence-corrected chi connectivity index (χ3v) is 4.97. The van der Waals surface area contributed by atoms with Crippen molar-refractivity contribution in [3.05, 3.63) is 0 Å². The van der Waals surface area contributed by atoms with E-state index in [2.05, 4.69) is 19.2 Å². The fourth-order valence-corrected chi connectivity index (χ4v) is 3.09. The van der Waals surface area contributed by atoms with E-state index in [1.165, 1.54) is 0 Å². The highest BCUT2D eigenvalue weighted by atomic mass is 35.5. The molecular formula is C15H31ClN2O2. The molecule has 20 heavy (non-hydrogen) atoms. The molecule has 2 atom stereocenters. The highest BCUT2D eigenvalue weighted by molar-refractivity contribution is 5.85. The van der Waals surface area contributed by atoms with E-state index >= 15 is 0 Å². The normalized spacial score (nSPS) is 22.4. The van der Waals surface area contributed by atoms with Gasteiger partial charge >= 0.3 is 0 Å². The second-order valence-corrected chi connectivity index (χ2v) is 6.02. The summed E-state index contributed by atoms with van der Waals surface area (Å²) >= 11 is 0. The monoisotopic (exact) mass is 306 g/mol. The number of nitrogens with two attached hydrogens (primary N) is 1. The zero-order valence-corrected chi connectivity index (χ0v) is 13.7. The Bertz CT molecular complexity index is 283. The van der Waals surface area contributed by atoms with Crippen molar-refractivity contribution >= 4 is 18.3 Å². The van der Waals surface area contributed by atoms with E-state index in [4.69, 9.17) is 10.8 Å². The Morgan fingerprint density at radius 1 is 1.35 bits per heavy atom. The van der Waals surface area contributed by atoms with Crippen LogP contribution in [0, 0.1) is 11.3 Å². The molecule has 1 fully saturated rings. The van der Waals surface area contributed by atoms with Crippen LogP contribution in [0.15, 0.2) is 0 Å². The molecule has 0 unspecified atom stereocenters. The van der Waals surface area contributed by atoms with Crippen LogP contribution in [0.4, 0.5) is 0 Å². The molecule has 120 valence electrons. The predicted octanol–water partition coefficient (Wildman–Crippen LogP) is 2.23. The number of hydrogen-bond acceptors (Lipinski definition) is 3. The molecule has 1 amide bonds. The van der Waals surface area contributed by atoms with Gasteiger partial charge in [-0.3, -0.25) is 4.79 Å². The average molecular weight is 307 g/mol. The molecule has 1 aliphatic rings. The third-order valence-electron chi connectivity index (χ3n) is 4.97. The van der Waals surface area contributed by atoms with Gasteiger partial charge in [-0.2, -0.15) is 0 Å². The number of nitrogens with one attached hydrogen (secondary N) is 1. The summed E-state index contributed by atoms with van der Waals surface area (Å²) in [6.45, 7) is 5.10. The first-order valence-corrected chi connectivity index (χ1v) is 7.70. The van der Waals surface area contributed by atoms with Gasteiger partial charge in [0.05, 0.1) is 0 Å². The van der Waals surface area contributed by atoms with Crippen molar-refractivity contribution < 1.29 is 9.90 Å². The Labute approximate surface area is 129 Å². The number of aliphatic hydroxyl groups is 1. The second-order valence-electron chi connectivity index (χ2n) is 6.02. The summed E-state index contributed by atoms with van der Waals surface area (Å²) < 4.78 is 0. The van der Waals surface area contributed by atoms with E-state index < -0.39 is 0 Å². The van der Waals surface area contributed by atoms with Crippen molar-refractivity contribution in [3.8, 4) is 0 Å². The summed E-state index contributed by atoms with van der Waals surface area (Å²) in [5.41, 5.74) is 6.04. The van der Waals surface area contributed by atoms with Gasteiger partial charge in [0.2, 0.25) is 5.91 Å². The third kappa shape index (κ3) is 5.58. The number of hydrogen-bond donors (Lipinski definition) is 3. The van der Waals surface area contributed by atoms with Crippen LogP contribution in [0.3, 0.4) is 0 Å². The standard InChI is InChI=1S/C15H30N2O2.ClH/c1-3-15(4-2,8-9-18)11-17-14(19)10-12-6-5-7-13(12)16;/h12-13,18H,3-11,16H2,1-2H3,(H,17,19);1H/t12-,13+;/m0./s1. The lowest BCUT2D eigenvalue weighted by atomic mass is 9.79. The van der Waals surface area contributed by atoms with Gasteiger partial charge < -0.3 is 16.2 Å². The highest BCUT2D eigenvalue weighted by Crippen LogP contribution is 2.30. The van der Waals surface area contributed by atoms with Crippen LogP contribution in [-0.2, 0) is 4.79 Å². The first kappa shape index (κ1) is 19.7. The maximum Gasteiger partial charge on any atom is 0.220 e. The number of rotatable bonds is 8. The van der Waals surface area contributed by atoms with Crippen LogP contribution in [0.25, 0.3) is 0 Å². The van der Waals surface area contributed by atoms with Gasteiger partial charge in [0.1, 0.15) is 0 Å². The number of halogens is 1. The maximum atomic E-state index is 12.0. The maximum absolute atomic E-state index is 12.0. The summed E-state index contributed by atoms with van der Waals surface area (Å²) in [7, 11) is 0. The van der Waals surface area contributed by atoms with Gasteiger partial charge in [-0.05, 0) is 43.4 Å². The second kappa shape index (κ2) is 9.59. The van der Waals surface area contributed by atoms with E-state index in [0.29, 0.717) is 18.9 Å². The molecule has 4 N–H and O–H groups in total. The average Bonchev–Trinajstić information content (AvgIpc) is 2.80. The number of amides is 1. The van der Waals surface area contributed by atoms with Gasteiger partial charge in [-0.1, -0.05) is 20.3 Å². The molecular weight excluding hydrogens is 276 g/mol. The number of aliphatic hydroxyl groups excluding tert-OH is 1. The lowest BCUT2D eigenvalue weighted by molar-refractivity contribution is -0.122. The van der Waals surface area contributed by atoms with Gasteiger partial charge in [0.15, 0.2) is 0 Å². The van der Waals surface area contributed by atoms with Crippen molar-refractivity contribution in [2.45, 2.75) is 64.8 Å².